The van der Waals surface area contributed by atoms with E-state index in [0.29, 0.717) is 28.2 Å². The van der Waals surface area contributed by atoms with E-state index in [1.807, 2.05) is 0 Å². The summed E-state index contributed by atoms with van der Waals surface area (Å²) in [6.07, 6.45) is 2.29. The van der Waals surface area contributed by atoms with Crippen molar-refractivity contribution in [3.8, 4) is 0 Å². The van der Waals surface area contributed by atoms with Gasteiger partial charge >= 0.3 is 0 Å². The summed E-state index contributed by atoms with van der Waals surface area (Å²) >= 11 is 11.7. The van der Waals surface area contributed by atoms with Gasteiger partial charge in [-0.2, -0.15) is 0 Å². The lowest BCUT2D eigenvalue weighted by molar-refractivity contribution is 0.0950. The molecule has 0 bridgehead atoms. The monoisotopic (exact) mass is 308 g/mol. The van der Waals surface area contributed by atoms with Crippen molar-refractivity contribution in [3.05, 3.63) is 33.8 Å². The van der Waals surface area contributed by atoms with Crippen molar-refractivity contribution in [1.29, 1.82) is 0 Å². The topological polar surface area (TPSA) is 41.1 Å². The van der Waals surface area contributed by atoms with Gasteiger partial charge in [-0.3, -0.25) is 4.79 Å². The second-order valence-corrected chi connectivity index (χ2v) is 4.95. The predicted octanol–water partition coefficient (Wildman–Crippen LogP) is 2.90. The summed E-state index contributed by atoms with van der Waals surface area (Å²) in [4.78, 5) is 11.8. The first kappa shape index (κ1) is 15.6. The van der Waals surface area contributed by atoms with Gasteiger partial charge in [-0.25, -0.2) is 0 Å². The van der Waals surface area contributed by atoms with E-state index in [-0.39, 0.29) is 18.3 Å². The van der Waals surface area contributed by atoms with Crippen LogP contribution in [0.2, 0.25) is 10.0 Å². The Labute approximate surface area is 123 Å². The van der Waals surface area contributed by atoms with Gasteiger partial charge in [0.05, 0.1) is 10.0 Å². The van der Waals surface area contributed by atoms with Gasteiger partial charge in [-0.15, -0.1) is 12.4 Å². The lowest BCUT2D eigenvalue weighted by Crippen LogP contribution is -2.37. The minimum atomic E-state index is -0.114. The van der Waals surface area contributed by atoms with Crippen molar-refractivity contribution in [2.24, 2.45) is 0 Å². The van der Waals surface area contributed by atoms with Gasteiger partial charge in [-0.1, -0.05) is 23.2 Å². The quantitative estimate of drug-likeness (QED) is 0.901. The summed E-state index contributed by atoms with van der Waals surface area (Å²) in [6, 6.07) is 5.28. The van der Waals surface area contributed by atoms with Gasteiger partial charge in [0, 0.05) is 18.2 Å². The third-order valence-electron chi connectivity index (χ3n) is 2.85. The van der Waals surface area contributed by atoms with E-state index in [9.17, 15) is 4.79 Å². The summed E-state index contributed by atoms with van der Waals surface area (Å²) in [7, 11) is 0. The summed E-state index contributed by atoms with van der Waals surface area (Å²) in [5, 5.41) is 7.07. The first-order valence-electron chi connectivity index (χ1n) is 5.63. The summed E-state index contributed by atoms with van der Waals surface area (Å²) < 4.78 is 0. The third-order valence-corrected chi connectivity index (χ3v) is 3.59. The van der Waals surface area contributed by atoms with Crippen LogP contribution in [0, 0.1) is 0 Å². The molecule has 1 aliphatic heterocycles. The van der Waals surface area contributed by atoms with Crippen molar-refractivity contribution in [2.45, 2.75) is 18.9 Å². The highest BCUT2D eigenvalue weighted by Crippen LogP contribution is 2.22. The van der Waals surface area contributed by atoms with Crippen LogP contribution in [0.4, 0.5) is 0 Å². The van der Waals surface area contributed by atoms with Gasteiger partial charge in [0.25, 0.3) is 5.91 Å². The van der Waals surface area contributed by atoms with Gasteiger partial charge in [-0.05, 0) is 37.6 Å². The molecule has 1 fully saturated rings. The Bertz CT molecular complexity index is 420. The second-order valence-electron chi connectivity index (χ2n) is 4.13. The fourth-order valence-corrected chi connectivity index (χ4v) is 2.18. The molecule has 100 valence electrons. The number of hydrogen-bond acceptors (Lipinski definition) is 2. The molecule has 3 nitrogen and oxygen atoms in total. The zero-order valence-electron chi connectivity index (χ0n) is 9.71. The molecule has 1 saturated heterocycles. The van der Waals surface area contributed by atoms with Crippen LogP contribution in [0.1, 0.15) is 23.2 Å². The molecule has 1 aliphatic rings. The molecule has 1 atom stereocenters. The smallest absolute Gasteiger partial charge is 0.251 e. The van der Waals surface area contributed by atoms with E-state index in [1.165, 1.54) is 6.42 Å². The van der Waals surface area contributed by atoms with E-state index in [1.54, 1.807) is 18.2 Å². The number of hydrogen-bond donors (Lipinski definition) is 2. The molecule has 0 spiro atoms. The molecule has 1 aromatic rings. The Morgan fingerprint density at radius 2 is 2.17 bits per heavy atom. The number of carbonyl (C=O) groups is 1. The predicted molar refractivity (Wildman–Crippen MR) is 77.1 cm³/mol. The SMILES string of the molecule is Cl.O=C(NCC1CCCN1)c1ccc(Cl)c(Cl)c1. The molecule has 2 N–H and O–H groups in total. The highest BCUT2D eigenvalue weighted by Gasteiger charge is 2.15. The molecule has 1 unspecified atom stereocenters. The van der Waals surface area contributed by atoms with Crippen LogP contribution in [0.25, 0.3) is 0 Å². The van der Waals surface area contributed by atoms with E-state index >= 15 is 0 Å². The highest BCUT2D eigenvalue weighted by atomic mass is 35.5. The number of nitrogens with one attached hydrogen (secondary N) is 2. The van der Waals surface area contributed by atoms with Crippen molar-refractivity contribution in [3.63, 3.8) is 0 Å². The van der Waals surface area contributed by atoms with Gasteiger partial charge in [0.15, 0.2) is 0 Å². The zero-order chi connectivity index (χ0) is 12.3. The Morgan fingerprint density at radius 1 is 1.39 bits per heavy atom. The second kappa shape index (κ2) is 7.19. The fourth-order valence-electron chi connectivity index (χ4n) is 1.89. The molecule has 6 heteroatoms. The lowest BCUT2D eigenvalue weighted by Gasteiger charge is -2.11. The molecule has 1 amide bonds. The molecule has 2 rings (SSSR count). The van der Waals surface area contributed by atoms with Crippen LogP contribution in [-0.2, 0) is 0 Å². The summed E-state index contributed by atoms with van der Waals surface area (Å²) in [5.74, 6) is -0.114. The van der Waals surface area contributed by atoms with E-state index in [0.717, 1.165) is 13.0 Å². The van der Waals surface area contributed by atoms with Crippen molar-refractivity contribution in [2.75, 3.05) is 13.1 Å². The Kier molecular flexibility index (Phi) is 6.22. The Hall–Kier alpha value is -0.480. The van der Waals surface area contributed by atoms with Crippen molar-refractivity contribution in [1.82, 2.24) is 10.6 Å². The van der Waals surface area contributed by atoms with Crippen LogP contribution in [0.5, 0.6) is 0 Å². The number of halogens is 3. The van der Waals surface area contributed by atoms with Gasteiger partial charge < -0.3 is 10.6 Å². The number of benzene rings is 1. The average Bonchev–Trinajstić information content (AvgIpc) is 2.82. The van der Waals surface area contributed by atoms with E-state index < -0.39 is 0 Å². The number of carbonyl (C=O) groups excluding carboxylic acids is 1. The molecule has 0 aromatic heterocycles. The number of amides is 1. The molecule has 0 saturated carbocycles. The maximum Gasteiger partial charge on any atom is 0.251 e. The minimum Gasteiger partial charge on any atom is -0.350 e. The standard InChI is InChI=1S/C12H14Cl2N2O.ClH/c13-10-4-3-8(6-11(10)14)12(17)16-7-9-2-1-5-15-9;/h3-4,6,9,15H,1-2,5,7H2,(H,16,17);1H. The van der Waals surface area contributed by atoms with E-state index in [4.69, 9.17) is 23.2 Å². The van der Waals surface area contributed by atoms with Crippen molar-refractivity contribution >= 4 is 41.5 Å². The Morgan fingerprint density at radius 3 is 2.78 bits per heavy atom. The van der Waals surface area contributed by atoms with Crippen LogP contribution < -0.4 is 10.6 Å². The largest absolute Gasteiger partial charge is 0.350 e. The molecule has 18 heavy (non-hydrogen) atoms. The maximum absolute atomic E-state index is 11.8. The van der Waals surface area contributed by atoms with Crippen LogP contribution in [0.3, 0.4) is 0 Å². The van der Waals surface area contributed by atoms with Crippen LogP contribution in [0.15, 0.2) is 18.2 Å². The number of rotatable bonds is 3. The maximum atomic E-state index is 11.8. The molecule has 0 aliphatic carbocycles. The Balaban J connectivity index is 0.00000162. The fraction of sp³-hybridized carbons (Fsp3) is 0.417. The first-order valence-corrected chi connectivity index (χ1v) is 6.39. The molecule has 1 aromatic carbocycles. The molecule has 1 heterocycles. The molecule has 0 radical (unpaired) electrons. The van der Waals surface area contributed by atoms with E-state index in [2.05, 4.69) is 10.6 Å². The summed E-state index contributed by atoms with van der Waals surface area (Å²) in [5.41, 5.74) is 0.539. The van der Waals surface area contributed by atoms with Crippen LogP contribution >= 0.6 is 35.6 Å². The molecular formula is C12H15Cl3N2O. The van der Waals surface area contributed by atoms with Crippen LogP contribution in [-0.4, -0.2) is 25.0 Å². The van der Waals surface area contributed by atoms with Gasteiger partial charge in [0.1, 0.15) is 0 Å². The average molecular weight is 310 g/mol. The summed E-state index contributed by atoms with van der Waals surface area (Å²) in [6.45, 7) is 1.69. The van der Waals surface area contributed by atoms with Gasteiger partial charge in [0.2, 0.25) is 0 Å². The first-order chi connectivity index (χ1) is 8.16. The minimum absolute atomic E-state index is 0. The third kappa shape index (κ3) is 4.02. The lowest BCUT2D eigenvalue weighted by atomic mass is 10.2. The molecular weight excluding hydrogens is 295 g/mol. The normalized spacial score (nSPS) is 18.2. The highest BCUT2D eigenvalue weighted by molar-refractivity contribution is 6.42. The van der Waals surface area contributed by atoms with Crippen molar-refractivity contribution < 1.29 is 4.79 Å². The zero-order valence-corrected chi connectivity index (χ0v) is 12.0.